The molecule has 1 heterocycles. The average molecular weight is 260 g/mol. The highest BCUT2D eigenvalue weighted by atomic mass is 16.5. The van der Waals surface area contributed by atoms with Crippen molar-refractivity contribution in [3.63, 3.8) is 0 Å². The van der Waals surface area contributed by atoms with E-state index < -0.39 is 0 Å². The van der Waals surface area contributed by atoms with Crippen LogP contribution < -0.4 is 10.3 Å². The van der Waals surface area contributed by atoms with Crippen LogP contribution in [0.25, 0.3) is 11.3 Å². The van der Waals surface area contributed by atoms with E-state index in [0.717, 1.165) is 5.56 Å². The number of aromatic amines is 1. The number of nitrogens with one attached hydrogen (secondary N) is 1. The summed E-state index contributed by atoms with van der Waals surface area (Å²) in [6.07, 6.45) is 0. The summed E-state index contributed by atoms with van der Waals surface area (Å²) < 4.78 is 10.5. The number of benzene rings is 1. The quantitative estimate of drug-likeness (QED) is 0.892. The summed E-state index contributed by atoms with van der Waals surface area (Å²) in [5.74, 6) is 1.19. The Balaban J connectivity index is 2.44. The molecule has 0 aliphatic heterocycles. The molecule has 0 amide bonds. The number of ether oxygens (including phenoxy) is 2. The van der Waals surface area contributed by atoms with E-state index in [4.69, 9.17) is 9.47 Å². The number of nitrogens with zero attached hydrogens (tertiary/aromatic N) is 1. The second-order valence-electron chi connectivity index (χ2n) is 3.91. The summed E-state index contributed by atoms with van der Waals surface area (Å²) in [5, 5.41) is 0. The van der Waals surface area contributed by atoms with E-state index in [2.05, 4.69) is 9.97 Å². The van der Waals surface area contributed by atoms with Gasteiger partial charge in [0, 0.05) is 18.2 Å². The summed E-state index contributed by atoms with van der Waals surface area (Å²) in [6, 6.07) is 8.90. The molecule has 1 N–H and O–H groups in total. The zero-order valence-corrected chi connectivity index (χ0v) is 11.0. The Labute approximate surface area is 111 Å². The third-order valence-electron chi connectivity index (χ3n) is 2.62. The number of hydrogen-bond donors (Lipinski definition) is 1. The fourth-order valence-corrected chi connectivity index (χ4v) is 1.77. The lowest BCUT2D eigenvalue weighted by Crippen LogP contribution is -2.12. The second-order valence-corrected chi connectivity index (χ2v) is 3.91. The summed E-state index contributed by atoms with van der Waals surface area (Å²) in [5.41, 5.74) is 1.16. The standard InChI is InChI=1S/C14H16N2O3/c1-3-19-9-13-15-11(8-14(17)16-13)10-6-4-5-7-12(10)18-2/h4-8H,3,9H2,1-2H3,(H,15,16,17). The zero-order valence-electron chi connectivity index (χ0n) is 11.0. The molecule has 0 aliphatic carbocycles. The van der Waals surface area contributed by atoms with Gasteiger partial charge in [-0.25, -0.2) is 4.98 Å². The highest BCUT2D eigenvalue weighted by Crippen LogP contribution is 2.27. The first-order valence-corrected chi connectivity index (χ1v) is 6.06. The van der Waals surface area contributed by atoms with Crippen LogP contribution in [-0.2, 0) is 11.3 Å². The van der Waals surface area contributed by atoms with Gasteiger partial charge in [-0.15, -0.1) is 0 Å². The van der Waals surface area contributed by atoms with Crippen molar-refractivity contribution in [3.8, 4) is 17.0 Å². The first kappa shape index (κ1) is 13.3. The Morgan fingerprint density at radius 1 is 1.32 bits per heavy atom. The number of aromatic nitrogens is 2. The Morgan fingerprint density at radius 2 is 2.11 bits per heavy atom. The number of rotatable bonds is 5. The Morgan fingerprint density at radius 3 is 2.84 bits per heavy atom. The van der Waals surface area contributed by atoms with Crippen molar-refractivity contribution in [3.05, 3.63) is 46.5 Å². The minimum Gasteiger partial charge on any atom is -0.496 e. The molecule has 0 spiro atoms. The van der Waals surface area contributed by atoms with Crippen molar-refractivity contribution in [1.82, 2.24) is 9.97 Å². The normalized spacial score (nSPS) is 10.4. The fourth-order valence-electron chi connectivity index (χ4n) is 1.77. The van der Waals surface area contributed by atoms with E-state index in [-0.39, 0.29) is 12.2 Å². The topological polar surface area (TPSA) is 64.2 Å². The van der Waals surface area contributed by atoms with Crippen LogP contribution in [0.5, 0.6) is 5.75 Å². The van der Waals surface area contributed by atoms with Crippen molar-refractivity contribution in [2.45, 2.75) is 13.5 Å². The van der Waals surface area contributed by atoms with Crippen molar-refractivity contribution in [2.24, 2.45) is 0 Å². The van der Waals surface area contributed by atoms with Crippen LogP contribution in [0.3, 0.4) is 0 Å². The molecule has 0 radical (unpaired) electrons. The van der Waals surface area contributed by atoms with Gasteiger partial charge >= 0.3 is 0 Å². The SMILES string of the molecule is CCOCc1nc(-c2ccccc2OC)cc(=O)[nH]1. The summed E-state index contributed by atoms with van der Waals surface area (Å²) in [6.45, 7) is 2.75. The third-order valence-corrected chi connectivity index (χ3v) is 2.62. The van der Waals surface area contributed by atoms with Gasteiger partial charge in [-0.3, -0.25) is 4.79 Å². The minimum absolute atomic E-state index is 0.203. The molecule has 0 saturated heterocycles. The third kappa shape index (κ3) is 3.20. The molecule has 0 aliphatic rings. The first-order valence-electron chi connectivity index (χ1n) is 6.06. The van der Waals surface area contributed by atoms with Gasteiger partial charge in [-0.1, -0.05) is 12.1 Å². The van der Waals surface area contributed by atoms with E-state index in [0.29, 0.717) is 23.9 Å². The van der Waals surface area contributed by atoms with Crippen molar-refractivity contribution in [1.29, 1.82) is 0 Å². The monoisotopic (exact) mass is 260 g/mol. The number of hydrogen-bond acceptors (Lipinski definition) is 4. The predicted molar refractivity (Wildman–Crippen MR) is 72.2 cm³/mol. The van der Waals surface area contributed by atoms with E-state index in [1.807, 2.05) is 31.2 Å². The maximum Gasteiger partial charge on any atom is 0.251 e. The van der Waals surface area contributed by atoms with E-state index in [1.165, 1.54) is 6.07 Å². The molecule has 1 aromatic heterocycles. The van der Waals surface area contributed by atoms with Crippen molar-refractivity contribution < 1.29 is 9.47 Å². The molecule has 5 heteroatoms. The first-order chi connectivity index (χ1) is 9.24. The predicted octanol–water partition coefficient (Wildman–Crippen LogP) is 1.98. The summed E-state index contributed by atoms with van der Waals surface area (Å²) >= 11 is 0. The Kier molecular flexibility index (Phi) is 4.30. The number of methoxy groups -OCH3 is 1. The molecule has 0 saturated carbocycles. The van der Waals surface area contributed by atoms with Crippen LogP contribution >= 0.6 is 0 Å². The van der Waals surface area contributed by atoms with Crippen LogP contribution in [0, 0.1) is 0 Å². The zero-order chi connectivity index (χ0) is 13.7. The Bertz CT molecular complexity index is 608. The fraction of sp³-hybridized carbons (Fsp3) is 0.286. The van der Waals surface area contributed by atoms with Crippen molar-refractivity contribution >= 4 is 0 Å². The largest absolute Gasteiger partial charge is 0.496 e. The van der Waals surface area contributed by atoms with Gasteiger partial charge in [-0.2, -0.15) is 0 Å². The molecule has 0 bridgehead atoms. The Hall–Kier alpha value is -2.14. The molecule has 100 valence electrons. The lowest BCUT2D eigenvalue weighted by molar-refractivity contribution is 0.128. The van der Waals surface area contributed by atoms with Gasteiger partial charge in [0.05, 0.1) is 12.8 Å². The number of para-hydroxylation sites is 1. The van der Waals surface area contributed by atoms with Gasteiger partial charge in [0.25, 0.3) is 5.56 Å². The molecule has 0 unspecified atom stereocenters. The van der Waals surface area contributed by atoms with E-state index in [9.17, 15) is 4.79 Å². The lowest BCUT2D eigenvalue weighted by Gasteiger charge is -2.08. The van der Waals surface area contributed by atoms with Crippen LogP contribution in [-0.4, -0.2) is 23.7 Å². The van der Waals surface area contributed by atoms with Crippen LogP contribution in [0.4, 0.5) is 0 Å². The van der Waals surface area contributed by atoms with E-state index in [1.54, 1.807) is 7.11 Å². The molecule has 0 fully saturated rings. The molecule has 2 rings (SSSR count). The molecule has 0 atom stereocenters. The maximum absolute atomic E-state index is 11.7. The van der Waals surface area contributed by atoms with Crippen LogP contribution in [0.15, 0.2) is 35.1 Å². The molecule has 19 heavy (non-hydrogen) atoms. The van der Waals surface area contributed by atoms with Gasteiger partial charge in [-0.05, 0) is 19.1 Å². The van der Waals surface area contributed by atoms with Crippen LogP contribution in [0.1, 0.15) is 12.7 Å². The van der Waals surface area contributed by atoms with Gasteiger partial charge < -0.3 is 14.5 Å². The van der Waals surface area contributed by atoms with Gasteiger partial charge in [0.1, 0.15) is 18.2 Å². The molecule has 1 aromatic carbocycles. The molecule has 5 nitrogen and oxygen atoms in total. The molecule has 2 aromatic rings. The summed E-state index contributed by atoms with van der Waals surface area (Å²) in [4.78, 5) is 18.7. The lowest BCUT2D eigenvalue weighted by atomic mass is 10.1. The second kappa shape index (κ2) is 6.15. The van der Waals surface area contributed by atoms with E-state index >= 15 is 0 Å². The van der Waals surface area contributed by atoms with Crippen LogP contribution in [0.2, 0.25) is 0 Å². The van der Waals surface area contributed by atoms with Gasteiger partial charge in [0.2, 0.25) is 0 Å². The van der Waals surface area contributed by atoms with Crippen molar-refractivity contribution in [2.75, 3.05) is 13.7 Å². The molecular weight excluding hydrogens is 244 g/mol. The van der Waals surface area contributed by atoms with Gasteiger partial charge in [0.15, 0.2) is 0 Å². The summed E-state index contributed by atoms with van der Waals surface area (Å²) in [7, 11) is 1.59. The number of H-pyrrole nitrogens is 1. The minimum atomic E-state index is -0.203. The highest BCUT2D eigenvalue weighted by Gasteiger charge is 2.08. The smallest absolute Gasteiger partial charge is 0.251 e. The molecular formula is C14H16N2O3. The maximum atomic E-state index is 11.7. The average Bonchev–Trinajstić information content (AvgIpc) is 2.44. The highest BCUT2D eigenvalue weighted by molar-refractivity contribution is 5.66.